The zero-order chi connectivity index (χ0) is 17.6. The van der Waals surface area contributed by atoms with E-state index in [1.807, 2.05) is 24.3 Å². The van der Waals surface area contributed by atoms with E-state index in [0.29, 0.717) is 12.1 Å². The molecule has 1 aliphatic rings. The zero-order valence-electron chi connectivity index (χ0n) is 14.7. The van der Waals surface area contributed by atoms with Crippen molar-refractivity contribution >= 4 is 17.7 Å². The molecule has 0 spiro atoms. The lowest BCUT2D eigenvalue weighted by Gasteiger charge is -2.30. The Hall–Kier alpha value is -1.82. The third kappa shape index (κ3) is 4.84. The van der Waals surface area contributed by atoms with E-state index in [-0.39, 0.29) is 12.0 Å². The molecule has 25 heavy (non-hydrogen) atoms. The van der Waals surface area contributed by atoms with Gasteiger partial charge in [-0.05, 0) is 48.7 Å². The maximum absolute atomic E-state index is 12.5. The number of ether oxygens (including phenoxy) is 1. The Kier molecular flexibility index (Phi) is 6.13. The van der Waals surface area contributed by atoms with Crippen molar-refractivity contribution in [2.75, 3.05) is 39.5 Å². The predicted octanol–water partition coefficient (Wildman–Crippen LogP) is 3.14. The van der Waals surface area contributed by atoms with Crippen LogP contribution in [0.2, 0.25) is 0 Å². The minimum atomic E-state index is -0.0561. The first-order chi connectivity index (χ1) is 12.2. The summed E-state index contributed by atoms with van der Waals surface area (Å²) in [6.07, 6.45) is 2.12. The molecule has 0 unspecified atom stereocenters. The summed E-state index contributed by atoms with van der Waals surface area (Å²) in [7, 11) is 2.07. The Morgan fingerprint density at radius 3 is 2.76 bits per heavy atom. The smallest absolute Gasteiger partial charge is 0.251 e. The second-order valence-electron chi connectivity index (χ2n) is 6.27. The lowest BCUT2D eigenvalue weighted by molar-refractivity contribution is -0.0175. The summed E-state index contributed by atoms with van der Waals surface area (Å²) in [6.45, 7) is 3.05. The van der Waals surface area contributed by atoms with Crippen molar-refractivity contribution in [3.63, 3.8) is 0 Å². The van der Waals surface area contributed by atoms with Crippen molar-refractivity contribution in [2.45, 2.75) is 11.0 Å². The molecule has 0 saturated carbocycles. The van der Waals surface area contributed by atoms with Crippen LogP contribution < -0.4 is 5.32 Å². The van der Waals surface area contributed by atoms with Gasteiger partial charge in [-0.2, -0.15) is 0 Å². The molecule has 0 aliphatic carbocycles. The van der Waals surface area contributed by atoms with E-state index < -0.39 is 0 Å². The number of amides is 1. The van der Waals surface area contributed by atoms with Crippen LogP contribution in [0.15, 0.2) is 53.4 Å². The number of hydrogen-bond acceptors (Lipinski definition) is 4. The van der Waals surface area contributed by atoms with E-state index in [0.717, 1.165) is 30.8 Å². The Balaban J connectivity index is 1.64. The molecule has 1 saturated heterocycles. The average Bonchev–Trinajstić information content (AvgIpc) is 2.66. The average molecular weight is 356 g/mol. The molecule has 1 aliphatic heterocycles. The fourth-order valence-electron chi connectivity index (χ4n) is 2.92. The zero-order valence-corrected chi connectivity index (χ0v) is 15.5. The normalized spacial score (nSPS) is 18.1. The number of nitrogens with zero attached hydrogens (tertiary/aromatic N) is 1. The van der Waals surface area contributed by atoms with Crippen LogP contribution in [-0.2, 0) is 4.74 Å². The quantitative estimate of drug-likeness (QED) is 0.836. The summed E-state index contributed by atoms with van der Waals surface area (Å²) in [6, 6.07) is 16.1. The summed E-state index contributed by atoms with van der Waals surface area (Å²) < 4.78 is 5.69. The van der Waals surface area contributed by atoms with Crippen LogP contribution in [0.5, 0.6) is 0 Å². The number of hydrogen-bond donors (Lipinski definition) is 1. The third-order valence-electron chi connectivity index (χ3n) is 4.38. The number of morpholine rings is 1. The minimum Gasteiger partial charge on any atom is -0.374 e. The Morgan fingerprint density at radius 2 is 2.04 bits per heavy atom. The van der Waals surface area contributed by atoms with Gasteiger partial charge >= 0.3 is 0 Å². The van der Waals surface area contributed by atoms with Crippen LogP contribution >= 0.6 is 11.8 Å². The van der Waals surface area contributed by atoms with Crippen LogP contribution in [0.4, 0.5) is 0 Å². The first kappa shape index (κ1) is 18.0. The van der Waals surface area contributed by atoms with E-state index >= 15 is 0 Å². The van der Waals surface area contributed by atoms with Gasteiger partial charge < -0.3 is 15.0 Å². The summed E-state index contributed by atoms with van der Waals surface area (Å²) in [5, 5.41) is 2.99. The van der Waals surface area contributed by atoms with Gasteiger partial charge in [0.15, 0.2) is 0 Å². The van der Waals surface area contributed by atoms with E-state index in [9.17, 15) is 4.79 Å². The predicted molar refractivity (Wildman–Crippen MR) is 103 cm³/mol. The van der Waals surface area contributed by atoms with Gasteiger partial charge in [0.05, 0.1) is 12.7 Å². The number of carbonyl (C=O) groups is 1. The Morgan fingerprint density at radius 1 is 1.24 bits per heavy atom. The summed E-state index contributed by atoms with van der Waals surface area (Å²) >= 11 is 1.72. The van der Waals surface area contributed by atoms with E-state index in [1.165, 1.54) is 4.90 Å². The number of likely N-dealkylation sites (N-methyl/N-ethyl adjacent to an activating group) is 1. The molecule has 0 aromatic heterocycles. The van der Waals surface area contributed by atoms with Crippen molar-refractivity contribution < 1.29 is 9.53 Å². The highest BCUT2D eigenvalue weighted by Gasteiger charge is 2.18. The highest BCUT2D eigenvalue weighted by molar-refractivity contribution is 7.98. The number of nitrogens with one attached hydrogen (secondary N) is 1. The standard InChI is InChI=1S/C20H24N2O2S/c1-22-10-11-24-18(14-22)13-21-20(23)17-5-3-4-16(12-17)15-6-8-19(25-2)9-7-15/h3-9,12,18H,10-11,13-14H2,1-2H3,(H,21,23)/t18-/m0/s1. The van der Waals surface area contributed by atoms with E-state index in [2.05, 4.69) is 47.8 Å². The van der Waals surface area contributed by atoms with Crippen LogP contribution in [0.1, 0.15) is 10.4 Å². The number of rotatable bonds is 5. The van der Waals surface area contributed by atoms with Crippen molar-refractivity contribution in [3.8, 4) is 11.1 Å². The fourth-order valence-corrected chi connectivity index (χ4v) is 3.33. The first-order valence-electron chi connectivity index (χ1n) is 8.48. The summed E-state index contributed by atoms with van der Waals surface area (Å²) in [5.74, 6) is -0.0561. The van der Waals surface area contributed by atoms with Crippen molar-refractivity contribution in [1.82, 2.24) is 10.2 Å². The highest BCUT2D eigenvalue weighted by Crippen LogP contribution is 2.23. The van der Waals surface area contributed by atoms with E-state index in [1.54, 1.807) is 11.8 Å². The van der Waals surface area contributed by atoms with E-state index in [4.69, 9.17) is 4.74 Å². The number of benzene rings is 2. The van der Waals surface area contributed by atoms with Crippen LogP contribution in [0, 0.1) is 0 Å². The largest absolute Gasteiger partial charge is 0.374 e. The van der Waals surface area contributed by atoms with Crippen LogP contribution in [0.25, 0.3) is 11.1 Å². The Labute approximate surface area is 153 Å². The molecule has 3 rings (SSSR count). The molecule has 0 radical (unpaired) electrons. The molecule has 2 aromatic rings. The maximum atomic E-state index is 12.5. The molecule has 1 fully saturated rings. The Bertz CT molecular complexity index is 718. The fraction of sp³-hybridized carbons (Fsp3) is 0.350. The van der Waals surface area contributed by atoms with Crippen molar-refractivity contribution in [2.24, 2.45) is 0 Å². The van der Waals surface area contributed by atoms with Gasteiger partial charge in [-0.15, -0.1) is 11.8 Å². The molecule has 1 N–H and O–H groups in total. The van der Waals surface area contributed by atoms with Gasteiger partial charge in [0.2, 0.25) is 0 Å². The minimum absolute atomic E-state index is 0.0561. The molecule has 5 heteroatoms. The molecule has 132 valence electrons. The van der Waals surface area contributed by atoms with Gasteiger partial charge in [-0.1, -0.05) is 24.3 Å². The molecule has 0 bridgehead atoms. The number of thioether (sulfide) groups is 1. The molecular weight excluding hydrogens is 332 g/mol. The second-order valence-corrected chi connectivity index (χ2v) is 7.15. The van der Waals surface area contributed by atoms with Crippen molar-refractivity contribution in [1.29, 1.82) is 0 Å². The van der Waals surface area contributed by atoms with Gasteiger partial charge in [0, 0.05) is 30.1 Å². The maximum Gasteiger partial charge on any atom is 0.251 e. The van der Waals surface area contributed by atoms with Gasteiger partial charge in [-0.25, -0.2) is 0 Å². The first-order valence-corrected chi connectivity index (χ1v) is 9.71. The lowest BCUT2D eigenvalue weighted by atomic mass is 10.0. The third-order valence-corrected chi connectivity index (χ3v) is 5.12. The molecule has 1 amide bonds. The molecule has 2 aromatic carbocycles. The summed E-state index contributed by atoms with van der Waals surface area (Å²) in [4.78, 5) is 15.9. The monoisotopic (exact) mass is 356 g/mol. The van der Waals surface area contributed by atoms with Gasteiger partial charge in [0.1, 0.15) is 0 Å². The topological polar surface area (TPSA) is 41.6 Å². The highest BCUT2D eigenvalue weighted by atomic mass is 32.2. The molecule has 1 atom stereocenters. The van der Waals surface area contributed by atoms with Crippen molar-refractivity contribution in [3.05, 3.63) is 54.1 Å². The van der Waals surface area contributed by atoms with Crippen LogP contribution in [-0.4, -0.2) is 56.5 Å². The van der Waals surface area contributed by atoms with Gasteiger partial charge in [0.25, 0.3) is 5.91 Å². The number of carbonyl (C=O) groups excluding carboxylic acids is 1. The lowest BCUT2D eigenvalue weighted by Crippen LogP contribution is -2.45. The molecular formula is C20H24N2O2S. The molecule has 1 heterocycles. The molecule has 4 nitrogen and oxygen atoms in total. The van der Waals surface area contributed by atoms with Crippen LogP contribution in [0.3, 0.4) is 0 Å². The summed E-state index contributed by atoms with van der Waals surface area (Å²) in [5.41, 5.74) is 2.84. The van der Waals surface area contributed by atoms with Gasteiger partial charge in [-0.3, -0.25) is 4.79 Å². The second kappa shape index (κ2) is 8.52. The SMILES string of the molecule is CSc1ccc(-c2cccc(C(=O)NC[C@H]3CN(C)CCO3)c2)cc1.